The zero-order chi connectivity index (χ0) is 22.0. The van der Waals surface area contributed by atoms with Crippen molar-refractivity contribution < 1.29 is 4.79 Å². The fraction of sp³-hybridized carbons (Fsp3) is 0.148. The molecule has 0 aliphatic carbocycles. The summed E-state index contributed by atoms with van der Waals surface area (Å²) in [6.45, 7) is 1.47. The first-order chi connectivity index (χ1) is 15.8. The zero-order valence-electron chi connectivity index (χ0n) is 17.9. The van der Waals surface area contributed by atoms with Gasteiger partial charge in [-0.15, -0.1) is 0 Å². The van der Waals surface area contributed by atoms with Crippen LogP contribution in [-0.2, 0) is 11.3 Å². The number of carbonyl (C=O) groups is 1. The van der Waals surface area contributed by atoms with Crippen LogP contribution in [0.25, 0.3) is 28.6 Å². The SMILES string of the molecule is O=C(/C=C\c1cccnc1)NCCCCn1cnc(-c2ccccc2)c1-c1ccccc1. The van der Waals surface area contributed by atoms with Gasteiger partial charge in [0.1, 0.15) is 0 Å². The Hall–Kier alpha value is -3.99. The van der Waals surface area contributed by atoms with E-state index < -0.39 is 0 Å². The molecule has 0 aliphatic heterocycles. The molecular formula is C27H26N4O. The van der Waals surface area contributed by atoms with Gasteiger partial charge < -0.3 is 9.88 Å². The summed E-state index contributed by atoms with van der Waals surface area (Å²) in [5.41, 5.74) is 5.28. The van der Waals surface area contributed by atoms with Gasteiger partial charge in [0.25, 0.3) is 0 Å². The highest BCUT2D eigenvalue weighted by atomic mass is 16.1. The number of pyridine rings is 1. The number of nitrogens with zero attached hydrogens (tertiary/aromatic N) is 3. The van der Waals surface area contributed by atoms with E-state index in [0.29, 0.717) is 6.54 Å². The number of aromatic nitrogens is 3. The van der Waals surface area contributed by atoms with E-state index in [2.05, 4.69) is 51.3 Å². The number of carbonyl (C=O) groups excluding carboxylic acids is 1. The summed E-state index contributed by atoms with van der Waals surface area (Å²) >= 11 is 0. The van der Waals surface area contributed by atoms with Crippen molar-refractivity contribution in [2.75, 3.05) is 6.54 Å². The lowest BCUT2D eigenvalue weighted by Crippen LogP contribution is -2.22. The summed E-state index contributed by atoms with van der Waals surface area (Å²) in [6.07, 6.45) is 10.5. The maximum absolute atomic E-state index is 12.0. The van der Waals surface area contributed by atoms with E-state index >= 15 is 0 Å². The van der Waals surface area contributed by atoms with Crippen molar-refractivity contribution in [3.05, 3.63) is 103 Å². The number of hydrogen-bond donors (Lipinski definition) is 1. The summed E-state index contributed by atoms with van der Waals surface area (Å²) < 4.78 is 2.21. The minimum atomic E-state index is -0.0900. The Kier molecular flexibility index (Phi) is 7.21. The molecule has 4 aromatic rings. The quantitative estimate of drug-likeness (QED) is 0.297. The van der Waals surface area contributed by atoms with Gasteiger partial charge in [0, 0.05) is 42.7 Å². The summed E-state index contributed by atoms with van der Waals surface area (Å²) in [5, 5.41) is 2.95. The van der Waals surface area contributed by atoms with E-state index in [1.54, 1.807) is 24.5 Å². The van der Waals surface area contributed by atoms with Gasteiger partial charge in [-0.3, -0.25) is 9.78 Å². The van der Waals surface area contributed by atoms with Gasteiger partial charge in [0.05, 0.1) is 17.7 Å². The summed E-state index contributed by atoms with van der Waals surface area (Å²) in [7, 11) is 0. The molecule has 1 amide bonds. The van der Waals surface area contributed by atoms with Gasteiger partial charge in [-0.2, -0.15) is 0 Å². The minimum Gasteiger partial charge on any atom is -0.353 e. The fourth-order valence-electron chi connectivity index (χ4n) is 3.58. The average Bonchev–Trinajstić information content (AvgIpc) is 3.28. The van der Waals surface area contributed by atoms with E-state index in [1.807, 2.05) is 42.7 Å². The van der Waals surface area contributed by atoms with Crippen LogP contribution in [-0.4, -0.2) is 27.0 Å². The molecule has 5 heteroatoms. The zero-order valence-corrected chi connectivity index (χ0v) is 17.9. The Morgan fingerprint density at radius 2 is 1.66 bits per heavy atom. The first kappa shape index (κ1) is 21.2. The van der Waals surface area contributed by atoms with Crippen LogP contribution >= 0.6 is 0 Å². The van der Waals surface area contributed by atoms with Gasteiger partial charge in [-0.1, -0.05) is 66.7 Å². The van der Waals surface area contributed by atoms with Crippen LogP contribution in [0.5, 0.6) is 0 Å². The van der Waals surface area contributed by atoms with Crippen molar-refractivity contribution in [2.45, 2.75) is 19.4 Å². The topological polar surface area (TPSA) is 59.8 Å². The van der Waals surface area contributed by atoms with Crippen LogP contribution in [0.2, 0.25) is 0 Å². The first-order valence-electron chi connectivity index (χ1n) is 10.8. The number of hydrogen-bond acceptors (Lipinski definition) is 3. The second-order valence-corrected chi connectivity index (χ2v) is 7.49. The van der Waals surface area contributed by atoms with Crippen molar-refractivity contribution >= 4 is 12.0 Å². The van der Waals surface area contributed by atoms with E-state index in [0.717, 1.165) is 47.5 Å². The molecule has 0 bridgehead atoms. The molecule has 2 heterocycles. The fourth-order valence-corrected chi connectivity index (χ4v) is 3.58. The third-order valence-corrected chi connectivity index (χ3v) is 5.17. The predicted octanol–water partition coefficient (Wildman–Crippen LogP) is 5.22. The van der Waals surface area contributed by atoms with Crippen molar-refractivity contribution in [3.63, 3.8) is 0 Å². The number of unbranched alkanes of at least 4 members (excludes halogenated alkanes) is 1. The standard InChI is InChI=1S/C27H26N4O/c32-25(16-15-22-10-9-17-28-20-22)29-18-7-8-19-31-21-30-26(23-11-3-1-4-12-23)27(31)24-13-5-2-6-14-24/h1-6,9-17,20-21H,7-8,18-19H2,(H,29,32)/b16-15-. The lowest BCUT2D eigenvalue weighted by atomic mass is 10.0. The molecule has 0 atom stereocenters. The molecule has 5 nitrogen and oxygen atoms in total. The van der Waals surface area contributed by atoms with Gasteiger partial charge in [0.15, 0.2) is 0 Å². The molecule has 2 aromatic heterocycles. The Bertz CT molecular complexity index is 1150. The summed E-state index contributed by atoms with van der Waals surface area (Å²) in [5.74, 6) is -0.0900. The Balaban J connectivity index is 1.35. The summed E-state index contributed by atoms with van der Waals surface area (Å²) in [4.78, 5) is 20.8. The second kappa shape index (κ2) is 10.9. The molecule has 32 heavy (non-hydrogen) atoms. The van der Waals surface area contributed by atoms with E-state index in [1.165, 1.54) is 0 Å². The Labute approximate surface area is 188 Å². The molecule has 2 aromatic carbocycles. The van der Waals surface area contributed by atoms with E-state index in [9.17, 15) is 4.79 Å². The monoisotopic (exact) mass is 422 g/mol. The van der Waals surface area contributed by atoms with E-state index in [-0.39, 0.29) is 5.91 Å². The number of amides is 1. The Morgan fingerprint density at radius 1 is 0.906 bits per heavy atom. The van der Waals surface area contributed by atoms with Gasteiger partial charge >= 0.3 is 0 Å². The number of aryl methyl sites for hydroxylation is 1. The van der Waals surface area contributed by atoms with Crippen molar-refractivity contribution in [1.29, 1.82) is 0 Å². The molecule has 0 radical (unpaired) electrons. The van der Waals surface area contributed by atoms with Crippen LogP contribution in [0.15, 0.2) is 97.6 Å². The van der Waals surface area contributed by atoms with Crippen LogP contribution < -0.4 is 5.32 Å². The number of nitrogens with one attached hydrogen (secondary N) is 1. The first-order valence-corrected chi connectivity index (χ1v) is 10.8. The predicted molar refractivity (Wildman–Crippen MR) is 129 cm³/mol. The maximum Gasteiger partial charge on any atom is 0.243 e. The molecule has 4 rings (SSSR count). The van der Waals surface area contributed by atoms with Crippen molar-refractivity contribution in [1.82, 2.24) is 19.9 Å². The molecule has 0 unspecified atom stereocenters. The second-order valence-electron chi connectivity index (χ2n) is 7.49. The molecule has 0 fully saturated rings. The Morgan fingerprint density at radius 3 is 2.38 bits per heavy atom. The highest BCUT2D eigenvalue weighted by Crippen LogP contribution is 2.31. The highest BCUT2D eigenvalue weighted by Gasteiger charge is 2.14. The van der Waals surface area contributed by atoms with Crippen LogP contribution in [0, 0.1) is 0 Å². The highest BCUT2D eigenvalue weighted by molar-refractivity contribution is 5.91. The van der Waals surface area contributed by atoms with Crippen LogP contribution in [0.1, 0.15) is 18.4 Å². The van der Waals surface area contributed by atoms with Crippen LogP contribution in [0.4, 0.5) is 0 Å². The molecule has 0 aliphatic rings. The number of rotatable bonds is 9. The maximum atomic E-state index is 12.0. The van der Waals surface area contributed by atoms with Crippen molar-refractivity contribution in [3.8, 4) is 22.5 Å². The smallest absolute Gasteiger partial charge is 0.243 e. The number of benzene rings is 2. The lowest BCUT2D eigenvalue weighted by molar-refractivity contribution is -0.116. The molecular weight excluding hydrogens is 396 g/mol. The largest absolute Gasteiger partial charge is 0.353 e. The molecule has 0 saturated carbocycles. The van der Waals surface area contributed by atoms with E-state index in [4.69, 9.17) is 4.98 Å². The third kappa shape index (κ3) is 5.58. The number of imidazole rings is 1. The normalized spacial score (nSPS) is 11.0. The summed E-state index contributed by atoms with van der Waals surface area (Å²) in [6, 6.07) is 24.4. The minimum absolute atomic E-state index is 0.0900. The molecule has 1 N–H and O–H groups in total. The molecule has 160 valence electrons. The molecule has 0 spiro atoms. The van der Waals surface area contributed by atoms with Crippen LogP contribution in [0.3, 0.4) is 0 Å². The van der Waals surface area contributed by atoms with Gasteiger partial charge in [-0.05, 0) is 30.5 Å². The molecule has 0 saturated heterocycles. The van der Waals surface area contributed by atoms with Crippen molar-refractivity contribution in [2.24, 2.45) is 0 Å². The lowest BCUT2D eigenvalue weighted by Gasteiger charge is -2.11. The van der Waals surface area contributed by atoms with Gasteiger partial charge in [0.2, 0.25) is 5.91 Å². The average molecular weight is 423 g/mol. The third-order valence-electron chi connectivity index (χ3n) is 5.17. The van der Waals surface area contributed by atoms with Gasteiger partial charge in [-0.25, -0.2) is 4.98 Å².